The number of rotatable bonds is 3. The normalized spacial score (nSPS) is 20.2. The molecule has 1 heterocycles. The SMILES string of the molecule is CC(C)(C)OC(=O)NC1(C(=O)ON2C(=O)CCC2=O)CC1. The van der Waals surface area contributed by atoms with E-state index in [1.807, 2.05) is 0 Å². The standard InChI is InChI=1S/C13H18N2O6/c1-12(2,3)20-11(19)14-13(6-7-13)10(18)21-15-8(16)4-5-9(15)17/h4-7H2,1-3H3,(H,14,19). The number of nitrogens with one attached hydrogen (secondary N) is 1. The van der Waals surface area contributed by atoms with Crippen LogP contribution in [-0.4, -0.2) is 40.1 Å². The van der Waals surface area contributed by atoms with E-state index in [1.165, 1.54) is 0 Å². The van der Waals surface area contributed by atoms with Crippen molar-refractivity contribution in [1.82, 2.24) is 10.4 Å². The molecule has 1 saturated carbocycles. The largest absolute Gasteiger partial charge is 0.444 e. The van der Waals surface area contributed by atoms with Gasteiger partial charge in [-0.15, -0.1) is 5.06 Å². The van der Waals surface area contributed by atoms with Gasteiger partial charge in [-0.25, -0.2) is 9.59 Å². The molecule has 0 spiro atoms. The lowest BCUT2D eigenvalue weighted by atomic mass is 10.2. The smallest absolute Gasteiger partial charge is 0.408 e. The summed E-state index contributed by atoms with van der Waals surface area (Å²) in [7, 11) is 0. The van der Waals surface area contributed by atoms with E-state index in [0.717, 1.165) is 0 Å². The highest BCUT2D eigenvalue weighted by Crippen LogP contribution is 2.37. The minimum absolute atomic E-state index is 0.0264. The van der Waals surface area contributed by atoms with Gasteiger partial charge in [0.2, 0.25) is 0 Å². The summed E-state index contributed by atoms with van der Waals surface area (Å²) in [6.45, 7) is 5.10. The summed E-state index contributed by atoms with van der Waals surface area (Å²) in [4.78, 5) is 51.3. The molecule has 1 saturated heterocycles. The van der Waals surface area contributed by atoms with Crippen LogP contribution in [0.5, 0.6) is 0 Å². The lowest BCUT2D eigenvalue weighted by molar-refractivity contribution is -0.199. The molecule has 0 unspecified atom stereocenters. The third-order valence-electron chi connectivity index (χ3n) is 3.06. The Morgan fingerprint density at radius 3 is 2.10 bits per heavy atom. The molecule has 2 fully saturated rings. The molecule has 21 heavy (non-hydrogen) atoms. The quantitative estimate of drug-likeness (QED) is 0.768. The number of amides is 3. The number of imide groups is 1. The minimum Gasteiger partial charge on any atom is -0.444 e. The third kappa shape index (κ3) is 3.50. The first-order valence-electron chi connectivity index (χ1n) is 6.72. The molecule has 1 aliphatic heterocycles. The maximum Gasteiger partial charge on any atom is 0.408 e. The molecular weight excluding hydrogens is 280 g/mol. The van der Waals surface area contributed by atoms with Crippen LogP contribution in [0.25, 0.3) is 0 Å². The molecule has 0 atom stereocenters. The first-order chi connectivity index (χ1) is 9.63. The Morgan fingerprint density at radius 1 is 1.14 bits per heavy atom. The highest BCUT2D eigenvalue weighted by molar-refractivity contribution is 6.02. The summed E-state index contributed by atoms with van der Waals surface area (Å²) >= 11 is 0. The molecule has 0 aromatic carbocycles. The summed E-state index contributed by atoms with van der Waals surface area (Å²) in [5.74, 6) is -1.93. The van der Waals surface area contributed by atoms with E-state index in [4.69, 9.17) is 9.57 Å². The summed E-state index contributed by atoms with van der Waals surface area (Å²) in [6.07, 6.45) is 0.0656. The van der Waals surface area contributed by atoms with Crippen LogP contribution in [0.1, 0.15) is 46.5 Å². The van der Waals surface area contributed by atoms with Gasteiger partial charge >= 0.3 is 12.1 Å². The number of nitrogens with zero attached hydrogens (tertiary/aromatic N) is 1. The van der Waals surface area contributed by atoms with Crippen LogP contribution >= 0.6 is 0 Å². The molecular formula is C13H18N2O6. The molecule has 0 bridgehead atoms. The highest BCUT2D eigenvalue weighted by atomic mass is 16.7. The Bertz CT molecular complexity index is 487. The molecule has 116 valence electrons. The van der Waals surface area contributed by atoms with E-state index >= 15 is 0 Å². The second kappa shape index (κ2) is 5.01. The van der Waals surface area contributed by atoms with Crippen LogP contribution in [0.2, 0.25) is 0 Å². The van der Waals surface area contributed by atoms with Crippen molar-refractivity contribution in [3.63, 3.8) is 0 Å². The van der Waals surface area contributed by atoms with Crippen molar-refractivity contribution in [1.29, 1.82) is 0 Å². The highest BCUT2D eigenvalue weighted by Gasteiger charge is 2.55. The van der Waals surface area contributed by atoms with Crippen molar-refractivity contribution in [2.24, 2.45) is 0 Å². The number of hydroxylamine groups is 2. The molecule has 0 aromatic rings. The fourth-order valence-corrected chi connectivity index (χ4v) is 1.83. The van der Waals surface area contributed by atoms with E-state index < -0.39 is 35.0 Å². The van der Waals surface area contributed by atoms with Crippen LogP contribution in [0, 0.1) is 0 Å². The lowest BCUT2D eigenvalue weighted by Crippen LogP contribution is -2.48. The minimum atomic E-state index is -1.20. The van der Waals surface area contributed by atoms with E-state index in [1.54, 1.807) is 20.8 Å². The van der Waals surface area contributed by atoms with Crippen molar-refractivity contribution in [3.05, 3.63) is 0 Å². The monoisotopic (exact) mass is 298 g/mol. The number of alkyl carbamates (subject to hydrolysis) is 1. The average Bonchev–Trinajstić information content (AvgIpc) is 3.04. The second-order valence-corrected chi connectivity index (χ2v) is 6.17. The van der Waals surface area contributed by atoms with E-state index in [9.17, 15) is 19.2 Å². The molecule has 8 nitrogen and oxygen atoms in total. The van der Waals surface area contributed by atoms with Crippen LogP contribution < -0.4 is 5.32 Å². The van der Waals surface area contributed by atoms with Crippen LogP contribution in [0.3, 0.4) is 0 Å². The van der Waals surface area contributed by atoms with Crippen LogP contribution in [0.4, 0.5) is 4.79 Å². The lowest BCUT2D eigenvalue weighted by Gasteiger charge is -2.23. The zero-order valence-electron chi connectivity index (χ0n) is 12.2. The number of ether oxygens (including phenoxy) is 1. The molecule has 0 radical (unpaired) electrons. The molecule has 2 aliphatic rings. The molecule has 3 amide bonds. The van der Waals surface area contributed by atoms with E-state index in [-0.39, 0.29) is 12.8 Å². The summed E-state index contributed by atoms with van der Waals surface area (Å²) in [5.41, 5.74) is -1.89. The summed E-state index contributed by atoms with van der Waals surface area (Å²) in [6, 6.07) is 0. The van der Waals surface area contributed by atoms with Gasteiger partial charge in [0.1, 0.15) is 11.1 Å². The fraction of sp³-hybridized carbons (Fsp3) is 0.692. The number of carbonyl (C=O) groups excluding carboxylic acids is 4. The Labute approximate surface area is 121 Å². The molecule has 1 N–H and O–H groups in total. The Morgan fingerprint density at radius 2 is 1.67 bits per heavy atom. The molecule has 8 heteroatoms. The summed E-state index contributed by atoms with van der Waals surface area (Å²) < 4.78 is 5.07. The molecule has 1 aliphatic carbocycles. The van der Waals surface area contributed by atoms with Crippen molar-refractivity contribution >= 4 is 23.9 Å². The van der Waals surface area contributed by atoms with Gasteiger partial charge in [0.25, 0.3) is 11.8 Å². The van der Waals surface area contributed by atoms with Crippen LogP contribution in [-0.2, 0) is 24.0 Å². The first kappa shape index (κ1) is 15.3. The number of hydrogen-bond donors (Lipinski definition) is 1. The second-order valence-electron chi connectivity index (χ2n) is 6.17. The fourth-order valence-electron chi connectivity index (χ4n) is 1.83. The van der Waals surface area contributed by atoms with Gasteiger partial charge in [-0.05, 0) is 33.6 Å². The Kier molecular flexibility index (Phi) is 3.65. The summed E-state index contributed by atoms with van der Waals surface area (Å²) in [5, 5.41) is 2.91. The van der Waals surface area contributed by atoms with Gasteiger partial charge < -0.3 is 14.9 Å². The Balaban J connectivity index is 1.94. The molecule has 0 aromatic heterocycles. The van der Waals surface area contributed by atoms with Gasteiger partial charge in [-0.3, -0.25) is 9.59 Å². The van der Waals surface area contributed by atoms with Crippen molar-refractivity contribution in [2.75, 3.05) is 0 Å². The van der Waals surface area contributed by atoms with E-state index in [2.05, 4.69) is 5.32 Å². The number of hydrogen-bond acceptors (Lipinski definition) is 6. The maximum atomic E-state index is 12.0. The maximum absolute atomic E-state index is 12.0. The van der Waals surface area contributed by atoms with E-state index in [0.29, 0.717) is 17.9 Å². The first-order valence-corrected chi connectivity index (χ1v) is 6.72. The Hall–Kier alpha value is -2.12. The number of carbonyl (C=O) groups is 4. The predicted molar refractivity (Wildman–Crippen MR) is 68.5 cm³/mol. The van der Waals surface area contributed by atoms with Gasteiger partial charge in [0.05, 0.1) is 0 Å². The van der Waals surface area contributed by atoms with Gasteiger partial charge in [-0.1, -0.05) is 0 Å². The van der Waals surface area contributed by atoms with Gasteiger partial charge in [-0.2, -0.15) is 0 Å². The third-order valence-corrected chi connectivity index (χ3v) is 3.06. The topological polar surface area (TPSA) is 102 Å². The average molecular weight is 298 g/mol. The van der Waals surface area contributed by atoms with Crippen LogP contribution in [0.15, 0.2) is 0 Å². The van der Waals surface area contributed by atoms with Gasteiger partial charge in [0.15, 0.2) is 0 Å². The zero-order chi connectivity index (χ0) is 15.8. The van der Waals surface area contributed by atoms with Crippen molar-refractivity contribution < 1.29 is 28.8 Å². The molecule has 2 rings (SSSR count). The zero-order valence-corrected chi connectivity index (χ0v) is 12.2. The van der Waals surface area contributed by atoms with Gasteiger partial charge in [0, 0.05) is 12.8 Å². The van der Waals surface area contributed by atoms with Crippen molar-refractivity contribution in [3.8, 4) is 0 Å². The predicted octanol–water partition coefficient (Wildman–Crippen LogP) is 0.651. The van der Waals surface area contributed by atoms with Crippen molar-refractivity contribution in [2.45, 2.75) is 57.6 Å².